The van der Waals surface area contributed by atoms with Crippen LogP contribution in [-0.4, -0.2) is 31.3 Å². The van der Waals surface area contributed by atoms with E-state index in [9.17, 15) is 14.9 Å². The van der Waals surface area contributed by atoms with Crippen LogP contribution in [0.25, 0.3) is 0 Å². The van der Waals surface area contributed by atoms with Crippen LogP contribution in [0.4, 0.5) is 11.4 Å². The molecule has 1 aliphatic rings. The van der Waals surface area contributed by atoms with E-state index in [2.05, 4.69) is 31.5 Å². The van der Waals surface area contributed by atoms with Gasteiger partial charge in [-0.3, -0.25) is 14.9 Å². The summed E-state index contributed by atoms with van der Waals surface area (Å²) in [7, 11) is 0. The van der Waals surface area contributed by atoms with Crippen LogP contribution in [0.15, 0.2) is 40.9 Å². The summed E-state index contributed by atoms with van der Waals surface area (Å²) in [5.41, 5.74) is 0.0891. The van der Waals surface area contributed by atoms with Crippen molar-refractivity contribution in [3.8, 4) is 0 Å². The Morgan fingerprint density at radius 3 is 2.81 bits per heavy atom. The van der Waals surface area contributed by atoms with Crippen molar-refractivity contribution in [2.24, 2.45) is 0 Å². The molecule has 2 heterocycles. The second-order valence-corrected chi connectivity index (χ2v) is 9.96. The van der Waals surface area contributed by atoms with E-state index in [1.165, 1.54) is 48.0 Å². The zero-order valence-corrected chi connectivity index (χ0v) is 19.6. The Morgan fingerprint density at radius 2 is 2.09 bits per heavy atom. The van der Waals surface area contributed by atoms with E-state index in [0.29, 0.717) is 11.7 Å². The maximum atomic E-state index is 12.5. The second-order valence-electron chi connectivity index (χ2n) is 7.58. The van der Waals surface area contributed by atoms with Gasteiger partial charge in [0.2, 0.25) is 5.91 Å². The van der Waals surface area contributed by atoms with Crippen molar-refractivity contribution in [1.29, 1.82) is 0 Å². The second kappa shape index (κ2) is 10.5. The number of benzene rings is 1. The number of thioether (sulfide) groups is 1. The number of nitrogens with one attached hydrogen (secondary N) is 1. The molecule has 11 heteroatoms. The van der Waals surface area contributed by atoms with Crippen molar-refractivity contribution in [1.82, 2.24) is 14.8 Å². The molecule has 4 rings (SSSR count). The molecule has 0 spiro atoms. The zero-order chi connectivity index (χ0) is 22.5. The van der Waals surface area contributed by atoms with Crippen LogP contribution in [0.5, 0.6) is 0 Å². The van der Waals surface area contributed by atoms with Gasteiger partial charge in [-0.2, -0.15) is 0 Å². The molecule has 0 saturated heterocycles. The van der Waals surface area contributed by atoms with Gasteiger partial charge in [0.15, 0.2) is 5.16 Å². The SMILES string of the molecule is O=C(CSc1nnc(Cc2cccs2)n1C1CCCCC1)Nc1ccc(Cl)c([N+](=O)[O-])c1. The van der Waals surface area contributed by atoms with Crippen molar-refractivity contribution >= 4 is 52.0 Å². The van der Waals surface area contributed by atoms with Gasteiger partial charge in [-0.25, -0.2) is 0 Å². The van der Waals surface area contributed by atoms with Crippen molar-refractivity contribution < 1.29 is 9.72 Å². The number of amides is 1. The largest absolute Gasteiger partial charge is 0.325 e. The van der Waals surface area contributed by atoms with Crippen molar-refractivity contribution in [2.45, 2.75) is 49.7 Å². The molecule has 8 nitrogen and oxygen atoms in total. The summed E-state index contributed by atoms with van der Waals surface area (Å²) in [5, 5.41) is 25.4. The third kappa shape index (κ3) is 5.48. The Labute approximate surface area is 198 Å². The number of aromatic nitrogens is 3. The molecule has 2 aromatic heterocycles. The predicted molar refractivity (Wildman–Crippen MR) is 127 cm³/mol. The minimum atomic E-state index is -0.575. The van der Waals surface area contributed by atoms with Crippen LogP contribution in [-0.2, 0) is 11.2 Å². The van der Waals surface area contributed by atoms with Gasteiger partial charge in [-0.05, 0) is 36.4 Å². The zero-order valence-electron chi connectivity index (χ0n) is 17.2. The average Bonchev–Trinajstić information content (AvgIpc) is 3.44. The van der Waals surface area contributed by atoms with Crippen LogP contribution in [0.2, 0.25) is 5.02 Å². The van der Waals surface area contributed by atoms with Crippen LogP contribution < -0.4 is 5.32 Å². The molecule has 1 saturated carbocycles. The lowest BCUT2D eigenvalue weighted by atomic mass is 9.95. The normalized spacial score (nSPS) is 14.4. The first kappa shape index (κ1) is 22.8. The molecule has 168 valence electrons. The van der Waals surface area contributed by atoms with E-state index < -0.39 is 4.92 Å². The van der Waals surface area contributed by atoms with Gasteiger partial charge in [-0.1, -0.05) is 48.7 Å². The molecule has 32 heavy (non-hydrogen) atoms. The quantitative estimate of drug-likeness (QED) is 0.245. The van der Waals surface area contributed by atoms with Gasteiger partial charge in [0.05, 0.1) is 10.7 Å². The van der Waals surface area contributed by atoms with E-state index in [-0.39, 0.29) is 22.4 Å². The fraction of sp³-hybridized carbons (Fsp3) is 0.381. The summed E-state index contributed by atoms with van der Waals surface area (Å²) in [6, 6.07) is 8.67. The van der Waals surface area contributed by atoms with E-state index in [0.717, 1.165) is 30.2 Å². The summed E-state index contributed by atoms with van der Waals surface area (Å²) >= 11 is 8.87. The Kier molecular flexibility index (Phi) is 7.44. The number of hydrogen-bond acceptors (Lipinski definition) is 7. The number of carbonyl (C=O) groups excluding carboxylic acids is 1. The molecule has 0 radical (unpaired) electrons. The van der Waals surface area contributed by atoms with Crippen LogP contribution in [0.3, 0.4) is 0 Å². The third-order valence-electron chi connectivity index (χ3n) is 5.35. The molecule has 3 aromatic rings. The van der Waals surface area contributed by atoms with Gasteiger partial charge >= 0.3 is 0 Å². The number of nitrogens with zero attached hydrogens (tertiary/aromatic N) is 4. The van der Waals surface area contributed by atoms with Gasteiger partial charge in [0.25, 0.3) is 5.69 Å². The van der Waals surface area contributed by atoms with Crippen molar-refractivity contribution in [3.05, 3.63) is 61.6 Å². The highest BCUT2D eigenvalue weighted by atomic mass is 35.5. The molecule has 0 unspecified atom stereocenters. The molecule has 0 bridgehead atoms. The highest BCUT2D eigenvalue weighted by Gasteiger charge is 2.24. The van der Waals surface area contributed by atoms with Crippen LogP contribution in [0.1, 0.15) is 48.8 Å². The lowest BCUT2D eigenvalue weighted by molar-refractivity contribution is -0.384. The lowest BCUT2D eigenvalue weighted by Crippen LogP contribution is -2.18. The Balaban J connectivity index is 1.46. The maximum absolute atomic E-state index is 12.5. The summed E-state index contributed by atoms with van der Waals surface area (Å²) in [6.07, 6.45) is 6.51. The summed E-state index contributed by atoms with van der Waals surface area (Å²) in [4.78, 5) is 24.2. The van der Waals surface area contributed by atoms with Gasteiger partial charge in [-0.15, -0.1) is 21.5 Å². The van der Waals surface area contributed by atoms with E-state index in [1.807, 2.05) is 6.07 Å². The number of hydrogen-bond donors (Lipinski definition) is 1. The number of rotatable bonds is 8. The van der Waals surface area contributed by atoms with Crippen molar-refractivity contribution in [3.63, 3.8) is 0 Å². The molecule has 1 fully saturated rings. The molecule has 1 aliphatic carbocycles. The summed E-state index contributed by atoms with van der Waals surface area (Å²) in [5.74, 6) is 0.778. The molecule has 1 aromatic carbocycles. The first-order valence-electron chi connectivity index (χ1n) is 10.3. The molecule has 0 aliphatic heterocycles. The average molecular weight is 492 g/mol. The fourth-order valence-electron chi connectivity index (χ4n) is 3.86. The number of anilines is 1. The monoisotopic (exact) mass is 491 g/mol. The van der Waals surface area contributed by atoms with Crippen LogP contribution >= 0.6 is 34.7 Å². The Morgan fingerprint density at radius 1 is 1.28 bits per heavy atom. The molecular formula is C21H22ClN5O3S2. The minimum Gasteiger partial charge on any atom is -0.325 e. The first-order chi connectivity index (χ1) is 15.5. The number of nitro groups is 1. The highest BCUT2D eigenvalue weighted by molar-refractivity contribution is 7.99. The van der Waals surface area contributed by atoms with E-state index in [4.69, 9.17) is 11.6 Å². The summed E-state index contributed by atoms with van der Waals surface area (Å²) < 4.78 is 2.21. The minimum absolute atomic E-state index is 0.0289. The third-order valence-corrected chi connectivity index (χ3v) is 7.49. The number of thiophene rings is 1. The molecule has 0 atom stereocenters. The first-order valence-corrected chi connectivity index (χ1v) is 12.6. The van der Waals surface area contributed by atoms with Gasteiger partial charge in [0, 0.05) is 29.1 Å². The lowest BCUT2D eigenvalue weighted by Gasteiger charge is -2.25. The fourth-order valence-corrected chi connectivity index (χ4v) is 5.57. The topological polar surface area (TPSA) is 103 Å². The standard InChI is InChI=1S/C21H22ClN5O3S2/c22-17-9-8-14(11-18(17)27(29)30)23-20(28)13-32-21-25-24-19(12-16-7-4-10-31-16)26(21)15-5-2-1-3-6-15/h4,7-11,15H,1-3,5-6,12-13H2,(H,23,28). The van der Waals surface area contributed by atoms with Crippen LogP contribution in [0, 0.1) is 10.1 Å². The molecule has 1 N–H and O–H groups in total. The van der Waals surface area contributed by atoms with E-state index in [1.54, 1.807) is 17.4 Å². The summed E-state index contributed by atoms with van der Waals surface area (Å²) in [6.45, 7) is 0. The Hall–Kier alpha value is -2.43. The smallest absolute Gasteiger partial charge is 0.289 e. The number of halogens is 1. The highest BCUT2D eigenvalue weighted by Crippen LogP contribution is 2.34. The maximum Gasteiger partial charge on any atom is 0.289 e. The van der Waals surface area contributed by atoms with Gasteiger partial charge in [0.1, 0.15) is 10.8 Å². The number of carbonyl (C=O) groups is 1. The number of nitro benzene ring substituents is 1. The van der Waals surface area contributed by atoms with Crippen molar-refractivity contribution in [2.75, 3.05) is 11.1 Å². The predicted octanol–water partition coefficient (Wildman–Crippen LogP) is 5.73. The van der Waals surface area contributed by atoms with E-state index >= 15 is 0 Å². The molecule has 1 amide bonds. The van der Waals surface area contributed by atoms with Gasteiger partial charge < -0.3 is 9.88 Å². The molecular weight excluding hydrogens is 470 g/mol. The Bertz CT molecular complexity index is 1100.